The molecule has 1 saturated heterocycles. The van der Waals surface area contributed by atoms with Gasteiger partial charge in [0.15, 0.2) is 5.11 Å². The van der Waals surface area contributed by atoms with Crippen LogP contribution in [0.15, 0.2) is 78.0 Å². The quantitative estimate of drug-likeness (QED) is 0.0722. The van der Waals surface area contributed by atoms with Gasteiger partial charge in [0.05, 0.1) is 41.4 Å². The highest BCUT2D eigenvalue weighted by Crippen LogP contribution is 2.41. The monoisotopic (exact) mass is 895 g/mol. The second-order valence-corrected chi connectivity index (χ2v) is 16.8. The van der Waals surface area contributed by atoms with Crippen LogP contribution in [0.25, 0.3) is 22.3 Å². The van der Waals surface area contributed by atoms with E-state index in [1.165, 1.54) is 13.4 Å². The number of aromatic amines is 1. The zero-order valence-electron chi connectivity index (χ0n) is 35.7. The molecule has 0 bridgehead atoms. The van der Waals surface area contributed by atoms with E-state index in [2.05, 4.69) is 25.9 Å². The van der Waals surface area contributed by atoms with Crippen LogP contribution in [0.4, 0.5) is 5.69 Å². The van der Waals surface area contributed by atoms with E-state index in [-0.39, 0.29) is 47.8 Å². The van der Waals surface area contributed by atoms with Gasteiger partial charge in [-0.15, -0.1) is 0 Å². The topological polar surface area (TPSA) is 237 Å². The SMILES string of the molecule is CCC1(OC(=O)C(NC(=O)[C@H](Cc2cnc[nH]2)NC(=S)Nc2ccc(OC3OC(C)C(O)C(OC)C3O)cc2)C(C)C)C(=O)OCc2c1cc1n(c2=O)Cc2cc3ccccc3nc2-1. The number of amides is 1. The van der Waals surface area contributed by atoms with Crippen LogP contribution >= 0.6 is 12.2 Å². The van der Waals surface area contributed by atoms with E-state index >= 15 is 0 Å². The van der Waals surface area contributed by atoms with Gasteiger partial charge in [0.25, 0.3) is 5.56 Å². The van der Waals surface area contributed by atoms with Gasteiger partial charge in [-0.1, -0.05) is 39.0 Å². The van der Waals surface area contributed by atoms with Crippen molar-refractivity contribution >= 4 is 51.8 Å². The minimum atomic E-state index is -1.99. The first kappa shape index (κ1) is 44.4. The van der Waals surface area contributed by atoms with Gasteiger partial charge in [-0.25, -0.2) is 19.6 Å². The summed E-state index contributed by atoms with van der Waals surface area (Å²) in [4.78, 5) is 68.4. The third kappa shape index (κ3) is 8.44. The number of aliphatic hydroxyl groups excluding tert-OH is 2. The Morgan fingerprint density at radius 3 is 2.55 bits per heavy atom. The number of nitrogens with zero attached hydrogens (tertiary/aromatic N) is 3. The molecule has 6 N–H and O–H groups in total. The van der Waals surface area contributed by atoms with Gasteiger partial charge in [0.1, 0.15) is 42.8 Å². The Morgan fingerprint density at radius 2 is 1.84 bits per heavy atom. The van der Waals surface area contributed by atoms with Gasteiger partial charge in [0.2, 0.25) is 17.8 Å². The number of fused-ring (bicyclic) bond motifs is 5. The lowest BCUT2D eigenvalue weighted by atomic mass is 9.85. The van der Waals surface area contributed by atoms with Crippen molar-refractivity contribution in [1.82, 2.24) is 30.2 Å². The van der Waals surface area contributed by atoms with Gasteiger partial charge in [-0.3, -0.25) is 9.59 Å². The number of ether oxygens (including phenoxy) is 5. The van der Waals surface area contributed by atoms with Crippen LogP contribution in [0.5, 0.6) is 5.75 Å². The summed E-state index contributed by atoms with van der Waals surface area (Å²) in [5.41, 5.74) is 1.84. The highest BCUT2D eigenvalue weighted by molar-refractivity contribution is 7.80. The fourth-order valence-electron chi connectivity index (χ4n) is 8.34. The van der Waals surface area contributed by atoms with Crippen LogP contribution in [-0.2, 0) is 58.5 Å². The number of pyridine rings is 2. The van der Waals surface area contributed by atoms with Crippen LogP contribution in [0.2, 0.25) is 0 Å². The highest BCUT2D eigenvalue weighted by atomic mass is 32.1. The molecule has 18 nitrogen and oxygen atoms in total. The molecular formula is C45H49N7O11S. The van der Waals surface area contributed by atoms with E-state index in [1.54, 1.807) is 68.8 Å². The number of hydrogen-bond donors (Lipinski definition) is 6. The number of methoxy groups -OCH3 is 1. The van der Waals surface area contributed by atoms with E-state index in [9.17, 15) is 29.4 Å². The van der Waals surface area contributed by atoms with Crippen molar-refractivity contribution in [2.24, 2.45) is 5.92 Å². The normalized spacial score (nSPS) is 23.2. The molecule has 64 heavy (non-hydrogen) atoms. The summed E-state index contributed by atoms with van der Waals surface area (Å²) in [6, 6.07) is 15.6. The average molecular weight is 896 g/mol. The first-order valence-corrected chi connectivity index (χ1v) is 21.3. The van der Waals surface area contributed by atoms with Crippen molar-refractivity contribution in [1.29, 1.82) is 0 Å². The molecule has 8 rings (SSSR count). The van der Waals surface area contributed by atoms with Crippen LogP contribution < -0.4 is 26.2 Å². The molecule has 0 radical (unpaired) electrons. The zero-order valence-corrected chi connectivity index (χ0v) is 36.5. The Labute approximate surface area is 372 Å². The van der Waals surface area contributed by atoms with E-state index in [1.807, 2.05) is 30.3 Å². The van der Waals surface area contributed by atoms with Crippen molar-refractivity contribution in [3.8, 4) is 17.1 Å². The molecule has 0 spiro atoms. The highest BCUT2D eigenvalue weighted by Gasteiger charge is 2.52. The van der Waals surface area contributed by atoms with E-state index in [0.717, 1.165) is 16.5 Å². The fraction of sp³-hybridized carbons (Fsp3) is 0.400. The summed E-state index contributed by atoms with van der Waals surface area (Å²) in [7, 11) is 1.38. The molecule has 19 heteroatoms. The van der Waals surface area contributed by atoms with Crippen LogP contribution in [0.1, 0.15) is 56.5 Å². The number of para-hydroxylation sites is 1. The largest absolute Gasteiger partial charge is 0.462 e. The number of benzene rings is 2. The molecule has 1 fully saturated rings. The minimum Gasteiger partial charge on any atom is -0.462 e. The van der Waals surface area contributed by atoms with Gasteiger partial charge < -0.3 is 59.4 Å². The Hall–Kier alpha value is -6.25. The number of imidazole rings is 1. The summed E-state index contributed by atoms with van der Waals surface area (Å²) in [6.07, 6.45) is -1.89. The Morgan fingerprint density at radius 1 is 1.08 bits per heavy atom. The predicted octanol–water partition coefficient (Wildman–Crippen LogP) is 2.95. The van der Waals surface area contributed by atoms with Gasteiger partial charge in [-0.2, -0.15) is 0 Å². The number of aliphatic hydroxyl groups is 2. The maximum atomic E-state index is 14.3. The maximum absolute atomic E-state index is 14.3. The number of carbonyl (C=O) groups excluding carboxylic acids is 3. The average Bonchev–Trinajstić information content (AvgIpc) is 3.93. The fourth-order valence-corrected chi connectivity index (χ4v) is 8.60. The second-order valence-electron chi connectivity index (χ2n) is 16.4. The molecule has 0 aliphatic carbocycles. The molecule has 7 unspecified atom stereocenters. The van der Waals surface area contributed by atoms with Crippen molar-refractivity contribution in [2.75, 3.05) is 12.4 Å². The molecule has 8 atom stereocenters. The Bertz CT molecular complexity index is 2640. The lowest BCUT2D eigenvalue weighted by Gasteiger charge is -2.40. The number of cyclic esters (lactones) is 1. The zero-order chi connectivity index (χ0) is 45.4. The number of H-pyrrole nitrogens is 1. The van der Waals surface area contributed by atoms with Crippen LogP contribution in [0, 0.1) is 5.92 Å². The van der Waals surface area contributed by atoms with Crippen molar-refractivity contribution < 1.29 is 48.3 Å². The second kappa shape index (κ2) is 18.1. The molecule has 2 aromatic carbocycles. The van der Waals surface area contributed by atoms with Crippen LogP contribution in [-0.4, -0.2) is 103 Å². The van der Waals surface area contributed by atoms with E-state index in [0.29, 0.717) is 28.5 Å². The summed E-state index contributed by atoms with van der Waals surface area (Å²) in [5, 5.41) is 30.8. The number of anilines is 1. The minimum absolute atomic E-state index is 0.0603. The Balaban J connectivity index is 0.986. The van der Waals surface area contributed by atoms with E-state index < -0.39 is 72.2 Å². The first-order valence-electron chi connectivity index (χ1n) is 20.9. The standard InChI is InChI=1S/C45H49N7O11S/c1-6-45(30-17-33-35-25(15-24-9-7-8-10-31(24)49-35)19-52(33)40(56)29(30)20-60-43(45)58)63-41(57)34(22(2)3)51-39(55)32(16-27-18-46-21-47-27)50-44(64)48-26-11-13-28(14-12-26)62-42-37(54)38(59-5)36(53)23(4)61-42/h7-15,17-18,21-23,32,34,36-38,42,53-54H,6,16,19-20H2,1-5H3,(H,46,47)(H,51,55)(H2,48,50,64)/t23?,32-,34?,36?,37?,38?,42?,45?/m0/s1. The first-order chi connectivity index (χ1) is 30.7. The number of nitrogens with one attached hydrogen (secondary N) is 4. The number of aromatic nitrogens is 4. The molecule has 5 aromatic rings. The third-order valence-electron chi connectivity index (χ3n) is 11.9. The molecule has 6 heterocycles. The van der Waals surface area contributed by atoms with E-state index in [4.69, 9.17) is 40.9 Å². The van der Waals surface area contributed by atoms with Crippen LogP contribution in [0.3, 0.4) is 0 Å². The summed E-state index contributed by atoms with van der Waals surface area (Å²) in [6.45, 7) is 6.74. The number of thiocarbonyl (C=S) groups is 1. The van der Waals surface area contributed by atoms with Gasteiger partial charge >= 0.3 is 11.9 Å². The molecule has 0 saturated carbocycles. The van der Waals surface area contributed by atoms with Crippen molar-refractivity contribution in [3.63, 3.8) is 0 Å². The molecule has 3 aromatic heterocycles. The van der Waals surface area contributed by atoms with Crippen molar-refractivity contribution in [2.45, 2.75) is 102 Å². The lowest BCUT2D eigenvalue weighted by molar-refractivity contribution is -0.272. The molecule has 3 aliphatic rings. The summed E-state index contributed by atoms with van der Waals surface area (Å²) < 4.78 is 30.1. The number of carbonyl (C=O) groups is 3. The number of hydrogen-bond acceptors (Lipinski definition) is 14. The summed E-state index contributed by atoms with van der Waals surface area (Å²) in [5.74, 6) is -2.51. The molecule has 336 valence electrons. The number of esters is 2. The smallest absolute Gasteiger partial charge is 0.355 e. The number of rotatable bonds is 13. The third-order valence-corrected chi connectivity index (χ3v) is 12.1. The van der Waals surface area contributed by atoms with Gasteiger partial charge in [-0.05, 0) is 73.9 Å². The lowest BCUT2D eigenvalue weighted by Crippen LogP contribution is -2.59. The maximum Gasteiger partial charge on any atom is 0.355 e. The molecule has 1 amide bonds. The van der Waals surface area contributed by atoms with Gasteiger partial charge in [0, 0.05) is 47.6 Å². The van der Waals surface area contributed by atoms with Crippen molar-refractivity contribution in [3.05, 3.63) is 106 Å². The predicted molar refractivity (Wildman–Crippen MR) is 235 cm³/mol. The molecular weight excluding hydrogens is 847 g/mol. The summed E-state index contributed by atoms with van der Waals surface area (Å²) >= 11 is 5.63. The molecule has 3 aliphatic heterocycles. The Kier molecular flexibility index (Phi) is 12.5.